The van der Waals surface area contributed by atoms with Gasteiger partial charge in [-0.1, -0.05) is 12.1 Å². The number of fused-ring (bicyclic) bond motifs is 1. The van der Waals surface area contributed by atoms with Gasteiger partial charge in [0.1, 0.15) is 0 Å². The number of imide groups is 1. The standard InChI is InChI=1S/C19H21NO3/c21-16-14-3-1-2-4-15(14)17(22)20(16)11-18-6-12-5-13(7-18)9-19(23,8-12)10-18/h1-4,12-13,23H,5-11H2. The first-order chi connectivity index (χ1) is 11.0. The zero-order valence-corrected chi connectivity index (χ0v) is 13.1. The van der Waals surface area contributed by atoms with Crippen LogP contribution in [0.25, 0.3) is 0 Å². The van der Waals surface area contributed by atoms with Gasteiger partial charge in [0.15, 0.2) is 0 Å². The quantitative estimate of drug-likeness (QED) is 0.854. The molecule has 120 valence electrons. The van der Waals surface area contributed by atoms with Crippen LogP contribution >= 0.6 is 0 Å². The molecule has 1 N–H and O–H groups in total. The lowest BCUT2D eigenvalue weighted by Crippen LogP contribution is -2.59. The van der Waals surface area contributed by atoms with Gasteiger partial charge in [-0.05, 0) is 67.9 Å². The lowest BCUT2D eigenvalue weighted by Gasteiger charge is -2.60. The van der Waals surface area contributed by atoms with E-state index >= 15 is 0 Å². The van der Waals surface area contributed by atoms with Gasteiger partial charge in [0.2, 0.25) is 0 Å². The van der Waals surface area contributed by atoms with E-state index < -0.39 is 5.60 Å². The number of benzene rings is 1. The molecule has 4 nitrogen and oxygen atoms in total. The first kappa shape index (κ1) is 13.7. The van der Waals surface area contributed by atoms with Gasteiger partial charge in [0, 0.05) is 6.54 Å². The van der Waals surface area contributed by atoms with Crippen molar-refractivity contribution in [3.8, 4) is 0 Å². The minimum absolute atomic E-state index is 0.0633. The highest BCUT2D eigenvalue weighted by Crippen LogP contribution is 2.61. The molecular formula is C19H21NO3. The number of hydrogen-bond acceptors (Lipinski definition) is 3. The highest BCUT2D eigenvalue weighted by molar-refractivity contribution is 6.21. The molecule has 0 aromatic heterocycles. The Balaban J connectivity index is 1.47. The summed E-state index contributed by atoms with van der Waals surface area (Å²) >= 11 is 0. The van der Waals surface area contributed by atoms with Gasteiger partial charge in [-0.3, -0.25) is 14.5 Å². The van der Waals surface area contributed by atoms with E-state index in [4.69, 9.17) is 0 Å². The van der Waals surface area contributed by atoms with Gasteiger partial charge >= 0.3 is 0 Å². The Morgan fingerprint density at radius 3 is 2.09 bits per heavy atom. The molecule has 0 radical (unpaired) electrons. The molecule has 4 fully saturated rings. The van der Waals surface area contributed by atoms with Crippen LogP contribution in [0.3, 0.4) is 0 Å². The average Bonchev–Trinajstić information content (AvgIpc) is 2.70. The van der Waals surface area contributed by atoms with Crippen LogP contribution < -0.4 is 0 Å². The second kappa shape index (κ2) is 4.23. The van der Waals surface area contributed by atoms with E-state index in [0.717, 1.165) is 32.1 Å². The average molecular weight is 311 g/mol. The summed E-state index contributed by atoms with van der Waals surface area (Å²) in [5, 5.41) is 10.9. The van der Waals surface area contributed by atoms with Crippen LogP contribution in [0.4, 0.5) is 0 Å². The van der Waals surface area contributed by atoms with Crippen LogP contribution in [-0.4, -0.2) is 34.0 Å². The van der Waals surface area contributed by atoms with Crippen molar-refractivity contribution < 1.29 is 14.7 Å². The van der Waals surface area contributed by atoms with Crippen LogP contribution in [0.5, 0.6) is 0 Å². The number of amides is 2. The Kier molecular flexibility index (Phi) is 2.53. The second-order valence-corrected chi connectivity index (χ2v) is 8.43. The molecule has 0 saturated heterocycles. The maximum Gasteiger partial charge on any atom is 0.261 e. The predicted octanol–water partition coefficient (Wildman–Crippen LogP) is 2.61. The number of carbonyl (C=O) groups is 2. The highest BCUT2D eigenvalue weighted by atomic mass is 16.3. The summed E-state index contributed by atoms with van der Waals surface area (Å²) in [6.07, 6.45) is 5.89. The normalized spacial score (nSPS) is 40.8. The van der Waals surface area contributed by atoms with Crippen molar-refractivity contribution in [2.45, 2.75) is 44.1 Å². The molecule has 0 spiro atoms. The molecule has 1 heterocycles. The fraction of sp³-hybridized carbons (Fsp3) is 0.579. The van der Waals surface area contributed by atoms with Crippen molar-refractivity contribution in [3.63, 3.8) is 0 Å². The predicted molar refractivity (Wildman–Crippen MR) is 83.9 cm³/mol. The van der Waals surface area contributed by atoms with Crippen LogP contribution in [0.1, 0.15) is 59.2 Å². The number of rotatable bonds is 2. The fourth-order valence-electron chi connectivity index (χ4n) is 6.31. The Morgan fingerprint density at radius 1 is 1.00 bits per heavy atom. The van der Waals surface area contributed by atoms with E-state index in [2.05, 4.69) is 0 Å². The maximum atomic E-state index is 12.7. The summed E-state index contributed by atoms with van der Waals surface area (Å²) in [4.78, 5) is 26.8. The van der Waals surface area contributed by atoms with Crippen LogP contribution in [0.15, 0.2) is 24.3 Å². The van der Waals surface area contributed by atoms with E-state index in [0.29, 0.717) is 29.5 Å². The molecule has 1 aliphatic heterocycles. The smallest absolute Gasteiger partial charge is 0.261 e. The zero-order chi connectivity index (χ0) is 15.8. The van der Waals surface area contributed by atoms with Gasteiger partial charge in [0.05, 0.1) is 16.7 Å². The van der Waals surface area contributed by atoms with Crippen LogP contribution in [0, 0.1) is 17.3 Å². The summed E-state index contributed by atoms with van der Waals surface area (Å²) in [7, 11) is 0. The highest BCUT2D eigenvalue weighted by Gasteiger charge is 2.58. The van der Waals surface area contributed by atoms with Crippen molar-refractivity contribution in [3.05, 3.63) is 35.4 Å². The number of nitrogens with zero attached hydrogens (tertiary/aromatic N) is 1. The van der Waals surface area contributed by atoms with Gasteiger partial charge in [0.25, 0.3) is 11.8 Å². The first-order valence-corrected chi connectivity index (χ1v) is 8.65. The summed E-state index contributed by atoms with van der Waals surface area (Å²) < 4.78 is 0. The Morgan fingerprint density at radius 2 is 1.57 bits per heavy atom. The van der Waals surface area contributed by atoms with Crippen molar-refractivity contribution >= 4 is 11.8 Å². The van der Waals surface area contributed by atoms with E-state index in [-0.39, 0.29) is 17.2 Å². The van der Waals surface area contributed by atoms with Crippen LogP contribution in [0.2, 0.25) is 0 Å². The third kappa shape index (κ3) is 1.87. The van der Waals surface area contributed by atoms with Gasteiger partial charge < -0.3 is 5.11 Å². The van der Waals surface area contributed by atoms with Crippen LogP contribution in [-0.2, 0) is 0 Å². The fourth-order valence-corrected chi connectivity index (χ4v) is 6.31. The minimum Gasteiger partial charge on any atom is -0.390 e. The summed E-state index contributed by atoms with van der Waals surface area (Å²) in [5.74, 6) is 0.814. The van der Waals surface area contributed by atoms with Gasteiger partial charge in [-0.25, -0.2) is 0 Å². The summed E-state index contributed by atoms with van der Waals surface area (Å²) in [6.45, 7) is 0.481. The van der Waals surface area contributed by atoms with Crippen molar-refractivity contribution in [2.75, 3.05) is 6.54 Å². The van der Waals surface area contributed by atoms with E-state index in [1.807, 2.05) is 0 Å². The summed E-state index contributed by atoms with van der Waals surface area (Å²) in [5.41, 5.74) is 0.441. The van der Waals surface area contributed by atoms with Gasteiger partial charge in [-0.15, -0.1) is 0 Å². The topological polar surface area (TPSA) is 57.6 Å². The monoisotopic (exact) mass is 311 g/mol. The largest absolute Gasteiger partial charge is 0.390 e. The Bertz CT molecular complexity index is 676. The molecule has 4 bridgehead atoms. The lowest BCUT2D eigenvalue weighted by molar-refractivity contribution is -0.165. The molecule has 1 aromatic carbocycles. The third-order valence-corrected chi connectivity index (χ3v) is 6.52. The summed E-state index contributed by atoms with van der Waals surface area (Å²) in [6, 6.07) is 7.09. The third-order valence-electron chi connectivity index (χ3n) is 6.52. The number of hydrogen-bond donors (Lipinski definition) is 1. The van der Waals surface area contributed by atoms with Gasteiger partial charge in [-0.2, -0.15) is 0 Å². The minimum atomic E-state index is -0.553. The number of carbonyl (C=O) groups excluding carboxylic acids is 2. The molecule has 5 aliphatic rings. The molecular weight excluding hydrogens is 290 g/mol. The molecule has 2 unspecified atom stereocenters. The first-order valence-electron chi connectivity index (χ1n) is 8.65. The van der Waals surface area contributed by atoms with E-state index in [1.54, 1.807) is 24.3 Å². The van der Waals surface area contributed by atoms with Crippen molar-refractivity contribution in [1.29, 1.82) is 0 Å². The molecule has 4 heteroatoms. The molecule has 1 aromatic rings. The van der Waals surface area contributed by atoms with E-state index in [9.17, 15) is 14.7 Å². The Labute approximate surface area is 135 Å². The molecule has 4 aliphatic carbocycles. The molecule has 6 rings (SSSR count). The van der Waals surface area contributed by atoms with E-state index in [1.165, 1.54) is 11.3 Å². The maximum absolute atomic E-state index is 12.7. The molecule has 23 heavy (non-hydrogen) atoms. The number of aliphatic hydroxyl groups is 1. The molecule has 4 saturated carbocycles. The molecule has 2 atom stereocenters. The van der Waals surface area contributed by atoms with Crippen molar-refractivity contribution in [2.24, 2.45) is 17.3 Å². The Hall–Kier alpha value is -1.68. The second-order valence-electron chi connectivity index (χ2n) is 8.43. The lowest BCUT2D eigenvalue weighted by atomic mass is 9.48. The van der Waals surface area contributed by atoms with Crippen molar-refractivity contribution in [1.82, 2.24) is 4.90 Å². The SMILES string of the molecule is O=C1c2ccccc2C(=O)N1CC12CC3CC(CC(O)(C3)C1)C2. The molecule has 2 amide bonds. The zero-order valence-electron chi connectivity index (χ0n) is 13.1.